The number of anilines is 2. The van der Waals surface area contributed by atoms with Gasteiger partial charge in [-0.2, -0.15) is 0 Å². The third-order valence-corrected chi connectivity index (χ3v) is 3.38. The monoisotopic (exact) mass is 341 g/mol. The number of amides is 2. The number of hydrogen-bond donors (Lipinski definition) is 3. The predicted molar refractivity (Wildman–Crippen MR) is 97.5 cm³/mol. The van der Waals surface area contributed by atoms with Crippen LogP contribution in [-0.2, 0) is 9.59 Å². The van der Waals surface area contributed by atoms with E-state index in [0.717, 1.165) is 5.56 Å². The molecule has 0 saturated heterocycles. The van der Waals surface area contributed by atoms with E-state index in [1.54, 1.807) is 30.3 Å². The Morgan fingerprint density at radius 3 is 2.48 bits per heavy atom. The van der Waals surface area contributed by atoms with E-state index in [4.69, 9.17) is 5.73 Å². The summed E-state index contributed by atoms with van der Waals surface area (Å²) in [6, 6.07) is 11.1. The lowest BCUT2D eigenvalue weighted by Gasteiger charge is -2.12. The largest absolute Gasteiger partial charge is 0.330 e. The van der Waals surface area contributed by atoms with Gasteiger partial charge in [-0.1, -0.05) is 18.2 Å². The van der Waals surface area contributed by atoms with Gasteiger partial charge in [0.2, 0.25) is 11.8 Å². The molecule has 0 saturated carbocycles. The van der Waals surface area contributed by atoms with Gasteiger partial charge in [0, 0.05) is 19.0 Å². The van der Waals surface area contributed by atoms with Gasteiger partial charge in [0.15, 0.2) is 0 Å². The van der Waals surface area contributed by atoms with E-state index in [1.165, 1.54) is 18.2 Å². The van der Waals surface area contributed by atoms with E-state index in [2.05, 4.69) is 10.6 Å². The topological polar surface area (TPSA) is 84.2 Å². The maximum atomic E-state index is 12.9. The molecule has 0 bridgehead atoms. The molecule has 0 unspecified atom stereocenters. The number of halogens is 1. The highest BCUT2D eigenvalue weighted by atomic mass is 19.1. The second-order valence-electron chi connectivity index (χ2n) is 5.51. The van der Waals surface area contributed by atoms with Crippen LogP contribution in [0.2, 0.25) is 0 Å². The first kappa shape index (κ1) is 18.4. The molecule has 2 aromatic rings. The minimum Gasteiger partial charge on any atom is -0.330 e. The number of nitrogens with two attached hydrogens (primary N) is 1. The number of carbonyl (C=O) groups excluding carboxylic acids is 2. The van der Waals surface area contributed by atoms with Crippen molar-refractivity contribution >= 4 is 29.3 Å². The SMILES string of the molecule is Cc1ccc(NC(=O)/C=C/c2ccc(F)cc2)c(NC(=O)CCN)c1. The van der Waals surface area contributed by atoms with Crippen molar-refractivity contribution in [2.45, 2.75) is 13.3 Å². The van der Waals surface area contributed by atoms with E-state index in [-0.39, 0.29) is 30.6 Å². The lowest BCUT2D eigenvalue weighted by Crippen LogP contribution is -2.18. The van der Waals surface area contributed by atoms with Crippen molar-refractivity contribution in [3.63, 3.8) is 0 Å². The molecule has 2 amide bonds. The van der Waals surface area contributed by atoms with E-state index < -0.39 is 0 Å². The Labute approximate surface area is 145 Å². The van der Waals surface area contributed by atoms with Crippen LogP contribution in [0.15, 0.2) is 48.5 Å². The molecule has 4 N–H and O–H groups in total. The molecule has 5 nitrogen and oxygen atoms in total. The highest BCUT2D eigenvalue weighted by Crippen LogP contribution is 2.23. The summed E-state index contributed by atoms with van der Waals surface area (Å²) in [5.41, 5.74) is 8.03. The first-order chi connectivity index (χ1) is 12.0. The van der Waals surface area contributed by atoms with Crippen LogP contribution < -0.4 is 16.4 Å². The molecule has 0 aliphatic heterocycles. The van der Waals surface area contributed by atoms with E-state index in [0.29, 0.717) is 16.9 Å². The molecule has 0 radical (unpaired) electrons. The summed E-state index contributed by atoms with van der Waals surface area (Å²) in [6.45, 7) is 2.14. The zero-order valence-corrected chi connectivity index (χ0v) is 13.9. The molecule has 0 heterocycles. The number of carbonyl (C=O) groups is 2. The van der Waals surface area contributed by atoms with Crippen molar-refractivity contribution in [2.24, 2.45) is 5.73 Å². The smallest absolute Gasteiger partial charge is 0.248 e. The first-order valence-corrected chi connectivity index (χ1v) is 7.83. The molecule has 2 rings (SSSR count). The van der Waals surface area contributed by atoms with Gasteiger partial charge in [0.25, 0.3) is 0 Å². The van der Waals surface area contributed by atoms with Gasteiger partial charge in [-0.15, -0.1) is 0 Å². The summed E-state index contributed by atoms with van der Waals surface area (Å²) >= 11 is 0. The Balaban J connectivity index is 2.09. The van der Waals surface area contributed by atoms with Gasteiger partial charge >= 0.3 is 0 Å². The quantitative estimate of drug-likeness (QED) is 0.706. The Morgan fingerprint density at radius 1 is 1.08 bits per heavy atom. The van der Waals surface area contributed by atoms with E-state index in [9.17, 15) is 14.0 Å². The summed E-state index contributed by atoms with van der Waals surface area (Å²) in [4.78, 5) is 23.8. The molecule has 0 atom stereocenters. The van der Waals surface area contributed by atoms with Crippen molar-refractivity contribution in [1.29, 1.82) is 0 Å². The van der Waals surface area contributed by atoms with Gasteiger partial charge in [0.05, 0.1) is 11.4 Å². The minimum absolute atomic E-state index is 0.200. The summed E-state index contributed by atoms with van der Waals surface area (Å²) < 4.78 is 12.9. The fourth-order valence-electron chi connectivity index (χ4n) is 2.13. The zero-order valence-electron chi connectivity index (χ0n) is 13.9. The second kappa shape index (κ2) is 8.75. The molecule has 25 heavy (non-hydrogen) atoms. The van der Waals surface area contributed by atoms with Gasteiger partial charge in [-0.3, -0.25) is 9.59 Å². The van der Waals surface area contributed by atoms with Crippen LogP contribution in [0.3, 0.4) is 0 Å². The molecule has 0 aromatic heterocycles. The lowest BCUT2D eigenvalue weighted by atomic mass is 10.1. The molecule has 130 valence electrons. The zero-order chi connectivity index (χ0) is 18.2. The summed E-state index contributed by atoms with van der Waals surface area (Å²) in [6.07, 6.45) is 3.13. The van der Waals surface area contributed by atoms with Crippen LogP contribution in [0.4, 0.5) is 15.8 Å². The molecule has 2 aromatic carbocycles. The van der Waals surface area contributed by atoms with Crippen LogP contribution in [0.1, 0.15) is 17.5 Å². The second-order valence-corrected chi connectivity index (χ2v) is 5.51. The molecule has 6 heteroatoms. The van der Waals surface area contributed by atoms with Gasteiger partial charge in [-0.05, 0) is 48.4 Å². The van der Waals surface area contributed by atoms with E-state index >= 15 is 0 Å². The molecule has 0 spiro atoms. The van der Waals surface area contributed by atoms with Crippen LogP contribution in [0, 0.1) is 12.7 Å². The van der Waals surface area contributed by atoms with Crippen molar-refractivity contribution in [2.75, 3.05) is 17.2 Å². The number of nitrogens with one attached hydrogen (secondary N) is 2. The maximum absolute atomic E-state index is 12.9. The Kier molecular flexibility index (Phi) is 6.42. The number of hydrogen-bond acceptors (Lipinski definition) is 3. The normalized spacial score (nSPS) is 10.7. The Hall–Kier alpha value is -2.99. The summed E-state index contributed by atoms with van der Waals surface area (Å²) in [5.74, 6) is -0.910. The predicted octanol–water partition coefficient (Wildman–Crippen LogP) is 3.07. The van der Waals surface area contributed by atoms with Gasteiger partial charge in [0.1, 0.15) is 5.82 Å². The third kappa shape index (κ3) is 5.86. The fourth-order valence-corrected chi connectivity index (χ4v) is 2.13. The van der Waals surface area contributed by atoms with Crippen molar-refractivity contribution < 1.29 is 14.0 Å². The number of rotatable bonds is 6. The first-order valence-electron chi connectivity index (χ1n) is 7.83. The van der Waals surface area contributed by atoms with Crippen molar-refractivity contribution in [3.8, 4) is 0 Å². The lowest BCUT2D eigenvalue weighted by molar-refractivity contribution is -0.116. The van der Waals surface area contributed by atoms with E-state index in [1.807, 2.05) is 13.0 Å². The molecular weight excluding hydrogens is 321 g/mol. The maximum Gasteiger partial charge on any atom is 0.248 e. The third-order valence-electron chi connectivity index (χ3n) is 3.38. The Morgan fingerprint density at radius 2 is 1.80 bits per heavy atom. The fraction of sp³-hybridized carbons (Fsp3) is 0.158. The van der Waals surface area contributed by atoms with Crippen LogP contribution in [-0.4, -0.2) is 18.4 Å². The minimum atomic E-state index is -0.359. The highest BCUT2D eigenvalue weighted by Gasteiger charge is 2.08. The molecular formula is C19H20FN3O2. The highest BCUT2D eigenvalue weighted by molar-refractivity contribution is 6.05. The molecule has 0 aliphatic rings. The van der Waals surface area contributed by atoms with Crippen molar-refractivity contribution in [1.82, 2.24) is 0 Å². The van der Waals surface area contributed by atoms with Crippen LogP contribution in [0.25, 0.3) is 6.08 Å². The summed E-state index contributed by atoms with van der Waals surface area (Å²) in [5, 5.41) is 5.46. The van der Waals surface area contributed by atoms with Gasteiger partial charge < -0.3 is 16.4 Å². The number of benzene rings is 2. The molecule has 0 aliphatic carbocycles. The Bertz CT molecular complexity index is 786. The van der Waals surface area contributed by atoms with Crippen LogP contribution in [0.5, 0.6) is 0 Å². The summed E-state index contributed by atoms with van der Waals surface area (Å²) in [7, 11) is 0. The standard InChI is InChI=1S/C19H20FN3O2/c1-13-2-8-16(17(12-13)23-19(25)10-11-21)22-18(24)9-5-14-3-6-15(20)7-4-14/h2-9,12H,10-11,21H2,1H3,(H,22,24)(H,23,25)/b9-5+. The van der Waals surface area contributed by atoms with Gasteiger partial charge in [-0.25, -0.2) is 4.39 Å². The number of aryl methyl sites for hydroxylation is 1. The van der Waals surface area contributed by atoms with Crippen molar-refractivity contribution in [3.05, 3.63) is 65.5 Å². The average Bonchev–Trinajstić information content (AvgIpc) is 2.57. The van der Waals surface area contributed by atoms with Crippen LogP contribution >= 0.6 is 0 Å². The average molecular weight is 341 g/mol. The molecule has 0 fully saturated rings.